The first-order valence-electron chi connectivity index (χ1n) is 7.81. The molecule has 7 nitrogen and oxygen atoms in total. The number of nitrogens with one attached hydrogen (secondary N) is 3. The van der Waals surface area contributed by atoms with Gasteiger partial charge in [-0.2, -0.15) is 0 Å². The number of benzene rings is 1. The largest absolute Gasteiger partial charge is 0.467 e. The van der Waals surface area contributed by atoms with Gasteiger partial charge in [-0.3, -0.25) is 4.79 Å². The molecule has 0 spiro atoms. The van der Waals surface area contributed by atoms with Crippen LogP contribution in [0.4, 0.5) is 4.79 Å². The van der Waals surface area contributed by atoms with Crippen molar-refractivity contribution in [2.75, 3.05) is 7.11 Å². The van der Waals surface area contributed by atoms with Crippen LogP contribution in [0.15, 0.2) is 30.3 Å². The predicted molar refractivity (Wildman–Crippen MR) is 90.1 cm³/mol. The fraction of sp³-hybridized carbons (Fsp3) is 0.471. The molecule has 0 aliphatic rings. The Morgan fingerprint density at radius 1 is 1.04 bits per heavy atom. The number of amides is 3. The average Bonchev–Trinajstić information content (AvgIpc) is 2.57. The lowest BCUT2D eigenvalue weighted by atomic mass is 10.0. The molecule has 132 valence electrons. The third-order valence-electron chi connectivity index (χ3n) is 3.45. The van der Waals surface area contributed by atoms with Crippen molar-refractivity contribution >= 4 is 17.9 Å². The van der Waals surface area contributed by atoms with E-state index in [0.717, 1.165) is 5.56 Å². The van der Waals surface area contributed by atoms with Crippen LogP contribution in [0.2, 0.25) is 0 Å². The minimum Gasteiger partial charge on any atom is -0.467 e. The van der Waals surface area contributed by atoms with E-state index in [1.54, 1.807) is 0 Å². The summed E-state index contributed by atoms with van der Waals surface area (Å²) >= 11 is 0. The van der Waals surface area contributed by atoms with Crippen LogP contribution >= 0.6 is 0 Å². The van der Waals surface area contributed by atoms with Crippen molar-refractivity contribution in [3.63, 3.8) is 0 Å². The summed E-state index contributed by atoms with van der Waals surface area (Å²) in [6, 6.07) is 7.46. The standard InChI is InChI=1S/C17H25N3O4/c1-11(2)14(15(21)19-12(3)16(22)24-4)20-17(23)18-10-13-8-6-5-7-9-13/h5-9,11-12,14H,10H2,1-4H3,(H,19,21)(H2,18,20,23)/t12-,14-/m0/s1. The van der Waals surface area contributed by atoms with Crippen LogP contribution in [0.1, 0.15) is 26.3 Å². The van der Waals surface area contributed by atoms with Gasteiger partial charge in [0.15, 0.2) is 0 Å². The zero-order valence-corrected chi connectivity index (χ0v) is 14.5. The molecule has 7 heteroatoms. The lowest BCUT2D eigenvalue weighted by Gasteiger charge is -2.23. The zero-order valence-electron chi connectivity index (χ0n) is 14.5. The van der Waals surface area contributed by atoms with Gasteiger partial charge in [0, 0.05) is 6.54 Å². The molecule has 0 unspecified atom stereocenters. The highest BCUT2D eigenvalue weighted by Gasteiger charge is 2.27. The van der Waals surface area contributed by atoms with Gasteiger partial charge < -0.3 is 20.7 Å². The SMILES string of the molecule is COC(=O)[C@H](C)NC(=O)[C@@H](NC(=O)NCc1ccccc1)C(C)C. The quantitative estimate of drug-likeness (QED) is 0.652. The summed E-state index contributed by atoms with van der Waals surface area (Å²) in [4.78, 5) is 35.7. The van der Waals surface area contributed by atoms with Crippen LogP contribution < -0.4 is 16.0 Å². The normalized spacial score (nSPS) is 12.9. The van der Waals surface area contributed by atoms with Crippen molar-refractivity contribution in [2.45, 2.75) is 39.4 Å². The Morgan fingerprint density at radius 2 is 1.67 bits per heavy atom. The zero-order chi connectivity index (χ0) is 18.1. The van der Waals surface area contributed by atoms with Gasteiger partial charge in [0.05, 0.1) is 7.11 Å². The highest BCUT2D eigenvalue weighted by Crippen LogP contribution is 2.03. The van der Waals surface area contributed by atoms with E-state index in [1.165, 1.54) is 14.0 Å². The third kappa shape index (κ3) is 6.28. The van der Waals surface area contributed by atoms with Crippen LogP contribution in [-0.2, 0) is 20.9 Å². The van der Waals surface area contributed by atoms with Crippen LogP contribution in [0, 0.1) is 5.92 Å². The number of hydrogen-bond donors (Lipinski definition) is 3. The molecule has 0 aliphatic carbocycles. The van der Waals surface area contributed by atoms with Crippen LogP contribution in [0.25, 0.3) is 0 Å². The van der Waals surface area contributed by atoms with E-state index < -0.39 is 30.0 Å². The Balaban J connectivity index is 2.56. The highest BCUT2D eigenvalue weighted by atomic mass is 16.5. The van der Waals surface area contributed by atoms with Gasteiger partial charge in [-0.15, -0.1) is 0 Å². The predicted octanol–water partition coefficient (Wildman–Crippen LogP) is 1.19. The first-order valence-corrected chi connectivity index (χ1v) is 7.81. The Kier molecular flexibility index (Phi) is 7.74. The lowest BCUT2D eigenvalue weighted by molar-refractivity contribution is -0.144. The van der Waals surface area contributed by atoms with Gasteiger partial charge in [-0.25, -0.2) is 9.59 Å². The monoisotopic (exact) mass is 335 g/mol. The third-order valence-corrected chi connectivity index (χ3v) is 3.45. The molecule has 0 aromatic heterocycles. The van der Waals surface area contributed by atoms with Gasteiger partial charge in [0.25, 0.3) is 0 Å². The van der Waals surface area contributed by atoms with Crippen molar-refractivity contribution in [1.29, 1.82) is 0 Å². The molecule has 0 saturated heterocycles. The highest BCUT2D eigenvalue weighted by molar-refractivity contribution is 5.90. The number of carbonyl (C=O) groups is 3. The summed E-state index contributed by atoms with van der Waals surface area (Å²) in [6.45, 7) is 5.50. The fourth-order valence-electron chi connectivity index (χ4n) is 2.04. The molecule has 0 saturated carbocycles. The Hall–Kier alpha value is -2.57. The van der Waals surface area contributed by atoms with E-state index in [1.807, 2.05) is 44.2 Å². The van der Waals surface area contributed by atoms with E-state index in [-0.39, 0.29) is 5.92 Å². The summed E-state index contributed by atoms with van der Waals surface area (Å²) in [6.07, 6.45) is 0. The number of rotatable bonds is 7. The van der Waals surface area contributed by atoms with E-state index in [0.29, 0.717) is 6.54 Å². The molecule has 2 atom stereocenters. The average molecular weight is 335 g/mol. The van der Waals surface area contributed by atoms with Gasteiger partial charge in [0.2, 0.25) is 5.91 Å². The topological polar surface area (TPSA) is 96.5 Å². The molecule has 0 fully saturated rings. The fourth-order valence-corrected chi connectivity index (χ4v) is 2.04. The summed E-state index contributed by atoms with van der Waals surface area (Å²) in [5, 5.41) is 7.87. The molecule has 1 rings (SSSR count). The number of ether oxygens (including phenoxy) is 1. The smallest absolute Gasteiger partial charge is 0.328 e. The summed E-state index contributed by atoms with van der Waals surface area (Å²) in [7, 11) is 1.25. The number of esters is 1. The minimum atomic E-state index is -0.780. The van der Waals surface area contributed by atoms with Crippen LogP contribution in [0.3, 0.4) is 0 Å². The van der Waals surface area contributed by atoms with Crippen molar-refractivity contribution in [3.8, 4) is 0 Å². The van der Waals surface area contributed by atoms with Gasteiger partial charge in [0.1, 0.15) is 12.1 Å². The Bertz CT molecular complexity index is 560. The molecule has 0 heterocycles. The molecule has 1 aromatic rings. The van der Waals surface area contributed by atoms with Crippen molar-refractivity contribution < 1.29 is 19.1 Å². The maximum atomic E-state index is 12.3. The van der Waals surface area contributed by atoms with Crippen LogP contribution in [-0.4, -0.2) is 37.1 Å². The van der Waals surface area contributed by atoms with E-state index in [4.69, 9.17) is 0 Å². The Labute approximate surface area is 142 Å². The molecular formula is C17H25N3O4. The first-order chi connectivity index (χ1) is 11.3. The molecule has 1 aromatic carbocycles. The van der Waals surface area contributed by atoms with Crippen molar-refractivity contribution in [1.82, 2.24) is 16.0 Å². The second-order valence-electron chi connectivity index (χ2n) is 5.79. The van der Waals surface area contributed by atoms with Crippen LogP contribution in [0.5, 0.6) is 0 Å². The molecule has 0 radical (unpaired) electrons. The lowest BCUT2D eigenvalue weighted by Crippen LogP contribution is -2.55. The summed E-state index contributed by atoms with van der Waals surface area (Å²) < 4.78 is 4.57. The van der Waals surface area contributed by atoms with E-state index in [2.05, 4.69) is 20.7 Å². The Morgan fingerprint density at radius 3 is 2.21 bits per heavy atom. The van der Waals surface area contributed by atoms with Gasteiger partial charge in [-0.1, -0.05) is 44.2 Å². The molecular weight excluding hydrogens is 310 g/mol. The number of carbonyl (C=O) groups excluding carboxylic acids is 3. The van der Waals surface area contributed by atoms with Crippen molar-refractivity contribution in [3.05, 3.63) is 35.9 Å². The number of urea groups is 1. The van der Waals surface area contributed by atoms with E-state index in [9.17, 15) is 14.4 Å². The molecule has 24 heavy (non-hydrogen) atoms. The second-order valence-corrected chi connectivity index (χ2v) is 5.79. The first kappa shape index (κ1) is 19.5. The second kappa shape index (κ2) is 9.54. The minimum absolute atomic E-state index is 0.141. The molecule has 3 N–H and O–H groups in total. The molecule has 0 aliphatic heterocycles. The van der Waals surface area contributed by atoms with Gasteiger partial charge in [-0.05, 0) is 18.4 Å². The van der Waals surface area contributed by atoms with E-state index >= 15 is 0 Å². The number of hydrogen-bond acceptors (Lipinski definition) is 4. The summed E-state index contributed by atoms with van der Waals surface area (Å²) in [5.41, 5.74) is 0.956. The van der Waals surface area contributed by atoms with Crippen molar-refractivity contribution in [2.24, 2.45) is 5.92 Å². The number of methoxy groups -OCH3 is 1. The maximum Gasteiger partial charge on any atom is 0.328 e. The molecule has 3 amide bonds. The maximum absolute atomic E-state index is 12.3. The summed E-state index contributed by atoms with van der Waals surface area (Å²) in [5.74, 6) is -1.12. The molecule has 0 bridgehead atoms. The van der Waals surface area contributed by atoms with Gasteiger partial charge >= 0.3 is 12.0 Å².